The number of hydrogen-bond donors (Lipinski definition) is 0. The van der Waals surface area contributed by atoms with Crippen molar-refractivity contribution in [1.29, 1.82) is 0 Å². The summed E-state index contributed by atoms with van der Waals surface area (Å²) in [6, 6.07) is 0. The Morgan fingerprint density at radius 3 is 2.20 bits per heavy atom. The summed E-state index contributed by atoms with van der Waals surface area (Å²) >= 11 is 0. The molecule has 0 unspecified atom stereocenters. The van der Waals surface area contributed by atoms with Crippen LogP contribution in [0.1, 0.15) is 27.7 Å². The highest BCUT2D eigenvalue weighted by Gasteiger charge is 1.66. The molecule has 0 fully saturated rings. The third kappa shape index (κ3) is 15.7. The zero-order valence-corrected chi connectivity index (χ0v) is 7.39. The summed E-state index contributed by atoms with van der Waals surface area (Å²) in [6.45, 7) is 11.4. The lowest BCUT2D eigenvalue weighted by atomic mass is 10.5. The van der Waals surface area contributed by atoms with Gasteiger partial charge in [0, 0.05) is 11.9 Å². The molecule has 0 saturated carbocycles. The van der Waals surface area contributed by atoms with E-state index in [1.54, 1.807) is 6.21 Å². The number of nitrogens with zero attached hydrogens (tertiary/aromatic N) is 1. The van der Waals surface area contributed by atoms with Gasteiger partial charge in [-0.25, -0.2) is 0 Å². The molecule has 0 aromatic rings. The standard InChI is InChI=1S/C7H11N.C2H6/c1-4-5-6-8-7(2)3;1-2/h4-6H,2H2,1,3H3;1-2H3/b5-4-,8-6?;. The second-order valence-corrected chi connectivity index (χ2v) is 1.54. The van der Waals surface area contributed by atoms with Gasteiger partial charge in [0.2, 0.25) is 0 Å². The normalized spacial score (nSPS) is 9.60. The molecule has 0 rings (SSSR count). The second-order valence-electron chi connectivity index (χ2n) is 1.54. The molecule has 0 radical (unpaired) electrons. The fourth-order valence-corrected chi connectivity index (χ4v) is 0.256. The summed E-state index contributed by atoms with van der Waals surface area (Å²) in [7, 11) is 0. The van der Waals surface area contributed by atoms with Crippen molar-refractivity contribution in [2.24, 2.45) is 4.99 Å². The number of allylic oxidation sites excluding steroid dienone is 3. The predicted molar refractivity (Wildman–Crippen MR) is 49.5 cm³/mol. The highest BCUT2D eigenvalue weighted by atomic mass is 14.7. The molecule has 0 amide bonds. The van der Waals surface area contributed by atoms with E-state index in [9.17, 15) is 0 Å². The molecule has 0 heterocycles. The summed E-state index contributed by atoms with van der Waals surface area (Å²) in [5.74, 6) is 0. The van der Waals surface area contributed by atoms with Gasteiger partial charge in [-0.05, 0) is 19.9 Å². The maximum absolute atomic E-state index is 3.91. The summed E-state index contributed by atoms with van der Waals surface area (Å²) in [5.41, 5.74) is 0.836. The van der Waals surface area contributed by atoms with Crippen molar-refractivity contribution in [3.63, 3.8) is 0 Å². The molecule has 10 heavy (non-hydrogen) atoms. The maximum Gasteiger partial charge on any atom is 0.0300 e. The number of rotatable bonds is 2. The minimum absolute atomic E-state index is 0.836. The molecule has 0 bridgehead atoms. The van der Waals surface area contributed by atoms with Crippen LogP contribution in [0, 0.1) is 0 Å². The van der Waals surface area contributed by atoms with E-state index in [1.165, 1.54) is 0 Å². The van der Waals surface area contributed by atoms with E-state index in [2.05, 4.69) is 11.6 Å². The third-order valence-electron chi connectivity index (χ3n) is 0.573. The number of hydrogen-bond acceptors (Lipinski definition) is 1. The minimum atomic E-state index is 0.836. The van der Waals surface area contributed by atoms with E-state index in [4.69, 9.17) is 0 Å². The molecule has 0 N–H and O–H groups in total. The zero-order valence-electron chi connectivity index (χ0n) is 7.39. The van der Waals surface area contributed by atoms with E-state index in [0.717, 1.165) is 5.70 Å². The Morgan fingerprint density at radius 2 is 1.90 bits per heavy atom. The quantitative estimate of drug-likeness (QED) is 0.521. The van der Waals surface area contributed by atoms with Gasteiger partial charge in [-0.3, -0.25) is 4.99 Å². The Bertz CT molecular complexity index is 121. The fourth-order valence-electron chi connectivity index (χ4n) is 0.256. The lowest BCUT2D eigenvalue weighted by Crippen LogP contribution is -1.64. The van der Waals surface area contributed by atoms with Gasteiger partial charge in [-0.2, -0.15) is 0 Å². The molecule has 1 nitrogen and oxygen atoms in total. The van der Waals surface area contributed by atoms with E-state index in [1.807, 2.05) is 39.8 Å². The Morgan fingerprint density at radius 1 is 1.40 bits per heavy atom. The maximum atomic E-state index is 3.91. The summed E-state index contributed by atoms with van der Waals surface area (Å²) in [4.78, 5) is 3.91. The van der Waals surface area contributed by atoms with E-state index in [0.29, 0.717) is 0 Å². The van der Waals surface area contributed by atoms with Crippen LogP contribution in [0.2, 0.25) is 0 Å². The Labute approximate surface area is 64.2 Å². The largest absolute Gasteiger partial charge is 0.262 e. The molecule has 58 valence electrons. The molecular formula is C9H17N. The highest BCUT2D eigenvalue weighted by Crippen LogP contribution is 1.84. The van der Waals surface area contributed by atoms with Crippen LogP contribution in [0.25, 0.3) is 0 Å². The Hall–Kier alpha value is -0.850. The summed E-state index contributed by atoms with van der Waals surface area (Å²) in [5, 5.41) is 0. The first-order valence-electron chi connectivity index (χ1n) is 3.58. The molecule has 0 aliphatic carbocycles. The van der Waals surface area contributed by atoms with Gasteiger partial charge in [0.05, 0.1) is 0 Å². The van der Waals surface area contributed by atoms with Crippen LogP contribution >= 0.6 is 0 Å². The van der Waals surface area contributed by atoms with Crippen molar-refractivity contribution in [3.8, 4) is 0 Å². The van der Waals surface area contributed by atoms with Crippen LogP contribution in [0.4, 0.5) is 0 Å². The first-order chi connectivity index (χ1) is 4.77. The lowest BCUT2D eigenvalue weighted by Gasteiger charge is -1.79. The van der Waals surface area contributed by atoms with Crippen LogP contribution in [0.15, 0.2) is 29.4 Å². The van der Waals surface area contributed by atoms with Gasteiger partial charge in [0.25, 0.3) is 0 Å². The van der Waals surface area contributed by atoms with Gasteiger partial charge in [-0.15, -0.1) is 0 Å². The first-order valence-corrected chi connectivity index (χ1v) is 3.58. The van der Waals surface area contributed by atoms with Crippen LogP contribution in [-0.2, 0) is 0 Å². The molecular weight excluding hydrogens is 122 g/mol. The predicted octanol–water partition coefficient (Wildman–Crippen LogP) is 3.19. The van der Waals surface area contributed by atoms with E-state index in [-0.39, 0.29) is 0 Å². The van der Waals surface area contributed by atoms with Crippen LogP contribution < -0.4 is 0 Å². The van der Waals surface area contributed by atoms with Gasteiger partial charge in [0.15, 0.2) is 0 Å². The average Bonchev–Trinajstić information content (AvgIpc) is 1.92. The second kappa shape index (κ2) is 11.0. The van der Waals surface area contributed by atoms with E-state index >= 15 is 0 Å². The Kier molecular flexibility index (Phi) is 13.1. The lowest BCUT2D eigenvalue weighted by molar-refractivity contribution is 1.34. The molecule has 0 aliphatic rings. The van der Waals surface area contributed by atoms with Crippen LogP contribution in [-0.4, -0.2) is 6.21 Å². The Balaban J connectivity index is 0. The van der Waals surface area contributed by atoms with Crippen molar-refractivity contribution in [2.75, 3.05) is 0 Å². The molecule has 0 atom stereocenters. The topological polar surface area (TPSA) is 12.4 Å². The molecule has 0 aliphatic heterocycles. The molecule has 0 spiro atoms. The zero-order chi connectivity index (χ0) is 8.41. The van der Waals surface area contributed by atoms with Crippen LogP contribution in [0.5, 0.6) is 0 Å². The van der Waals surface area contributed by atoms with Crippen molar-refractivity contribution >= 4 is 6.21 Å². The third-order valence-corrected chi connectivity index (χ3v) is 0.573. The monoisotopic (exact) mass is 139 g/mol. The average molecular weight is 139 g/mol. The van der Waals surface area contributed by atoms with Crippen molar-refractivity contribution < 1.29 is 0 Å². The number of aliphatic imine (C=N–C) groups is 1. The van der Waals surface area contributed by atoms with Crippen molar-refractivity contribution in [1.82, 2.24) is 0 Å². The summed E-state index contributed by atoms with van der Waals surface area (Å²) < 4.78 is 0. The first kappa shape index (κ1) is 11.9. The van der Waals surface area contributed by atoms with Gasteiger partial charge in [0.1, 0.15) is 0 Å². The van der Waals surface area contributed by atoms with Gasteiger partial charge in [-0.1, -0.05) is 26.5 Å². The van der Waals surface area contributed by atoms with Gasteiger partial charge >= 0.3 is 0 Å². The smallest absolute Gasteiger partial charge is 0.0300 e. The SMILES string of the molecule is C=C(C)N=C/C=C\C.CC. The molecule has 0 aromatic carbocycles. The highest BCUT2D eigenvalue weighted by molar-refractivity contribution is 5.71. The molecule has 1 heteroatoms. The van der Waals surface area contributed by atoms with Crippen molar-refractivity contribution in [2.45, 2.75) is 27.7 Å². The molecule has 0 aromatic heterocycles. The van der Waals surface area contributed by atoms with Gasteiger partial charge < -0.3 is 0 Å². The fraction of sp³-hybridized carbons (Fsp3) is 0.444. The van der Waals surface area contributed by atoms with Crippen LogP contribution in [0.3, 0.4) is 0 Å². The summed E-state index contributed by atoms with van der Waals surface area (Å²) in [6.07, 6.45) is 5.52. The minimum Gasteiger partial charge on any atom is -0.262 e. The van der Waals surface area contributed by atoms with Crippen molar-refractivity contribution in [3.05, 3.63) is 24.4 Å². The van der Waals surface area contributed by atoms with E-state index < -0.39 is 0 Å². The molecule has 0 saturated heterocycles.